The minimum absolute atomic E-state index is 0.0139. The average Bonchev–Trinajstić information content (AvgIpc) is 2.89. The maximum Gasteiger partial charge on any atom is 0.315 e. The summed E-state index contributed by atoms with van der Waals surface area (Å²) in [6.07, 6.45) is 6.90. The van der Waals surface area contributed by atoms with Gasteiger partial charge < -0.3 is 27.0 Å². The summed E-state index contributed by atoms with van der Waals surface area (Å²) in [5.74, 6) is 0.433. The molecule has 0 bridgehead atoms. The van der Waals surface area contributed by atoms with E-state index in [0.717, 1.165) is 57.3 Å². The summed E-state index contributed by atoms with van der Waals surface area (Å²) < 4.78 is 0. The van der Waals surface area contributed by atoms with Crippen LogP contribution in [0.1, 0.15) is 63.6 Å². The van der Waals surface area contributed by atoms with Crippen LogP contribution in [0.25, 0.3) is 0 Å². The molecule has 0 heterocycles. The first kappa shape index (κ1) is 29.4. The topological polar surface area (TPSA) is 91.2 Å². The van der Waals surface area contributed by atoms with Crippen molar-refractivity contribution in [3.05, 3.63) is 83.6 Å². The van der Waals surface area contributed by atoms with Gasteiger partial charge in [-0.1, -0.05) is 74.5 Å². The third kappa shape index (κ3) is 11.3. The quantitative estimate of drug-likeness (QED) is 0.203. The molecule has 2 aromatic rings. The molecule has 36 heavy (non-hydrogen) atoms. The van der Waals surface area contributed by atoms with Crippen LogP contribution in [-0.2, 0) is 6.42 Å². The van der Waals surface area contributed by atoms with Crippen LogP contribution >= 0.6 is 0 Å². The van der Waals surface area contributed by atoms with Gasteiger partial charge in [-0.15, -0.1) is 0 Å². The van der Waals surface area contributed by atoms with Gasteiger partial charge >= 0.3 is 6.03 Å². The molecule has 0 saturated carbocycles. The normalized spacial score (nSPS) is 14.1. The predicted octanol–water partition coefficient (Wildman–Crippen LogP) is 4.90. The molecular formula is C30H47N5O. The van der Waals surface area contributed by atoms with Crippen molar-refractivity contribution in [3.8, 4) is 0 Å². The van der Waals surface area contributed by atoms with E-state index in [9.17, 15) is 4.79 Å². The van der Waals surface area contributed by atoms with Crippen molar-refractivity contribution in [2.75, 3.05) is 26.2 Å². The van der Waals surface area contributed by atoms with Gasteiger partial charge in [0.15, 0.2) is 0 Å². The van der Waals surface area contributed by atoms with Crippen LogP contribution in [0.3, 0.4) is 0 Å². The summed E-state index contributed by atoms with van der Waals surface area (Å²) in [7, 11) is 0. The standard InChI is InChI=1S/C30H47N5O/c1-4-19-34-30(36)35-28(26-15-11-8-12-16-26)18-21-32-20-17-25(5-2)29(33-6-3)23-27(31)22-24-13-9-7-10-14-24/h7-16,23,25,27-28,32-33H,4-6,17-22,31H2,1-3H3,(H2,34,35,36)/b29-23-. The molecule has 3 unspecified atom stereocenters. The third-order valence-electron chi connectivity index (χ3n) is 6.34. The van der Waals surface area contributed by atoms with Gasteiger partial charge in [0.1, 0.15) is 0 Å². The number of amides is 2. The Bertz CT molecular complexity index is 871. The van der Waals surface area contributed by atoms with E-state index in [1.807, 2.05) is 24.3 Å². The third-order valence-corrected chi connectivity index (χ3v) is 6.34. The zero-order valence-electron chi connectivity index (χ0n) is 22.4. The molecule has 2 aromatic carbocycles. The maximum atomic E-state index is 12.3. The molecule has 0 radical (unpaired) electrons. The highest BCUT2D eigenvalue weighted by molar-refractivity contribution is 5.74. The minimum Gasteiger partial charge on any atom is -0.389 e. The van der Waals surface area contributed by atoms with Crippen molar-refractivity contribution in [1.29, 1.82) is 0 Å². The Kier molecular flexibility index (Phi) is 14.4. The monoisotopic (exact) mass is 493 g/mol. The van der Waals surface area contributed by atoms with Gasteiger partial charge in [-0.25, -0.2) is 4.79 Å². The summed E-state index contributed by atoms with van der Waals surface area (Å²) >= 11 is 0. The fraction of sp³-hybridized carbons (Fsp3) is 0.500. The lowest BCUT2D eigenvalue weighted by Gasteiger charge is -2.23. The van der Waals surface area contributed by atoms with Crippen molar-refractivity contribution >= 4 is 6.03 Å². The molecule has 0 aliphatic heterocycles. The van der Waals surface area contributed by atoms with E-state index in [2.05, 4.69) is 84.5 Å². The number of carbonyl (C=O) groups is 1. The Balaban J connectivity index is 1.87. The van der Waals surface area contributed by atoms with Crippen molar-refractivity contribution in [3.63, 3.8) is 0 Å². The van der Waals surface area contributed by atoms with Crippen LogP contribution in [0.15, 0.2) is 72.4 Å². The zero-order chi connectivity index (χ0) is 26.0. The van der Waals surface area contributed by atoms with Crippen LogP contribution < -0.4 is 27.0 Å². The van der Waals surface area contributed by atoms with Gasteiger partial charge in [-0.05, 0) is 75.2 Å². The molecule has 6 heteroatoms. The van der Waals surface area contributed by atoms with Crippen molar-refractivity contribution < 1.29 is 4.79 Å². The minimum atomic E-state index is -0.107. The smallest absolute Gasteiger partial charge is 0.315 e. The molecule has 3 atom stereocenters. The lowest BCUT2D eigenvalue weighted by atomic mass is 9.95. The van der Waals surface area contributed by atoms with Crippen molar-refractivity contribution in [2.45, 2.75) is 65.0 Å². The largest absolute Gasteiger partial charge is 0.389 e. The Labute approximate surface area is 218 Å². The van der Waals surface area contributed by atoms with E-state index in [0.29, 0.717) is 12.5 Å². The summed E-state index contributed by atoms with van der Waals surface area (Å²) in [6, 6.07) is 20.5. The van der Waals surface area contributed by atoms with E-state index in [1.54, 1.807) is 0 Å². The molecule has 2 rings (SSSR count). The number of allylic oxidation sites excluding steroid dienone is 1. The van der Waals surface area contributed by atoms with Crippen LogP contribution in [0.2, 0.25) is 0 Å². The fourth-order valence-electron chi connectivity index (χ4n) is 4.40. The molecule has 0 aromatic heterocycles. The Morgan fingerprint density at radius 2 is 1.56 bits per heavy atom. The molecular weight excluding hydrogens is 446 g/mol. The van der Waals surface area contributed by atoms with Crippen LogP contribution in [-0.4, -0.2) is 38.3 Å². The summed E-state index contributed by atoms with van der Waals surface area (Å²) in [4.78, 5) is 12.3. The number of rotatable bonds is 17. The number of benzene rings is 2. The summed E-state index contributed by atoms with van der Waals surface area (Å²) in [6.45, 7) is 9.74. The highest BCUT2D eigenvalue weighted by Gasteiger charge is 2.16. The SMILES string of the molecule is CCCNC(=O)NC(CCNCCC(CC)/C(=C/C(N)Cc1ccccc1)NCC)c1ccccc1. The number of hydrogen-bond donors (Lipinski definition) is 5. The van der Waals surface area contributed by atoms with Crippen LogP contribution in [0, 0.1) is 5.92 Å². The number of carbonyl (C=O) groups excluding carboxylic acids is 1. The Morgan fingerprint density at radius 3 is 2.19 bits per heavy atom. The molecule has 0 fully saturated rings. The first-order chi connectivity index (χ1) is 17.6. The van der Waals surface area contributed by atoms with E-state index in [4.69, 9.17) is 5.73 Å². The molecule has 0 aliphatic carbocycles. The van der Waals surface area contributed by atoms with Gasteiger partial charge in [0, 0.05) is 24.8 Å². The highest BCUT2D eigenvalue weighted by atomic mass is 16.2. The molecule has 0 spiro atoms. The van der Waals surface area contributed by atoms with E-state index in [1.165, 1.54) is 11.3 Å². The first-order valence-corrected chi connectivity index (χ1v) is 13.6. The van der Waals surface area contributed by atoms with E-state index in [-0.39, 0.29) is 18.1 Å². The van der Waals surface area contributed by atoms with Gasteiger partial charge in [0.05, 0.1) is 6.04 Å². The molecule has 198 valence electrons. The second-order valence-corrected chi connectivity index (χ2v) is 9.30. The predicted molar refractivity (Wildman–Crippen MR) is 152 cm³/mol. The lowest BCUT2D eigenvalue weighted by molar-refractivity contribution is 0.236. The van der Waals surface area contributed by atoms with E-state index >= 15 is 0 Å². The maximum absolute atomic E-state index is 12.3. The fourth-order valence-corrected chi connectivity index (χ4v) is 4.40. The first-order valence-electron chi connectivity index (χ1n) is 13.6. The van der Waals surface area contributed by atoms with Crippen LogP contribution in [0.4, 0.5) is 4.79 Å². The Morgan fingerprint density at radius 1 is 0.889 bits per heavy atom. The molecule has 2 amide bonds. The molecule has 6 nitrogen and oxygen atoms in total. The summed E-state index contributed by atoms with van der Waals surface area (Å²) in [5.41, 5.74) is 10.1. The molecule has 6 N–H and O–H groups in total. The van der Waals surface area contributed by atoms with Gasteiger partial charge in [-0.2, -0.15) is 0 Å². The number of urea groups is 1. The van der Waals surface area contributed by atoms with Crippen LogP contribution in [0.5, 0.6) is 0 Å². The second kappa shape index (κ2) is 17.6. The van der Waals surface area contributed by atoms with Gasteiger partial charge in [-0.3, -0.25) is 0 Å². The Hall–Kier alpha value is -2.83. The lowest BCUT2D eigenvalue weighted by Crippen LogP contribution is -2.39. The highest BCUT2D eigenvalue weighted by Crippen LogP contribution is 2.19. The summed E-state index contributed by atoms with van der Waals surface area (Å²) in [5, 5.41) is 13.2. The second-order valence-electron chi connectivity index (χ2n) is 9.30. The molecule has 0 aliphatic rings. The number of nitrogens with one attached hydrogen (secondary N) is 4. The van der Waals surface area contributed by atoms with E-state index < -0.39 is 0 Å². The van der Waals surface area contributed by atoms with Gasteiger partial charge in [0.25, 0.3) is 0 Å². The number of hydrogen-bond acceptors (Lipinski definition) is 4. The average molecular weight is 494 g/mol. The molecule has 0 saturated heterocycles. The van der Waals surface area contributed by atoms with Crippen molar-refractivity contribution in [2.24, 2.45) is 11.7 Å². The zero-order valence-corrected chi connectivity index (χ0v) is 22.4. The van der Waals surface area contributed by atoms with Crippen molar-refractivity contribution in [1.82, 2.24) is 21.3 Å². The van der Waals surface area contributed by atoms with Gasteiger partial charge in [0.2, 0.25) is 0 Å². The number of nitrogens with two attached hydrogens (primary N) is 1.